The van der Waals surface area contributed by atoms with Crippen LogP contribution in [0.25, 0.3) is 10.4 Å². The smallest absolute Gasteiger partial charge is 0.246 e. The van der Waals surface area contributed by atoms with E-state index < -0.39 is 23.6 Å². The van der Waals surface area contributed by atoms with Crippen molar-refractivity contribution in [1.82, 2.24) is 20.5 Å². The molecule has 1 aliphatic heterocycles. The Morgan fingerprint density at radius 3 is 2.38 bits per heavy atom. The van der Waals surface area contributed by atoms with Crippen LogP contribution in [0.2, 0.25) is 0 Å². The predicted octanol–water partition coefficient (Wildman–Crippen LogP) is 4.72. The van der Waals surface area contributed by atoms with Gasteiger partial charge >= 0.3 is 0 Å². The number of aliphatic hydroxyl groups is 1. The first-order valence-electron chi connectivity index (χ1n) is 14.9. The van der Waals surface area contributed by atoms with Crippen LogP contribution in [-0.2, 0) is 19.2 Å². The van der Waals surface area contributed by atoms with E-state index in [9.17, 15) is 24.3 Å². The summed E-state index contributed by atoms with van der Waals surface area (Å²) in [4.78, 5) is 57.3. The van der Waals surface area contributed by atoms with Gasteiger partial charge in [-0.15, -0.1) is 11.3 Å². The number of aliphatic hydroxyl groups excluding tert-OH is 1. The maximum atomic E-state index is 13.8. The van der Waals surface area contributed by atoms with Crippen LogP contribution in [0, 0.1) is 12.3 Å². The van der Waals surface area contributed by atoms with Crippen molar-refractivity contribution in [2.75, 3.05) is 6.54 Å². The molecule has 1 fully saturated rings. The third-order valence-corrected chi connectivity index (χ3v) is 8.76. The number of β-amino-alcohol motifs (C(OH)–C–C–N with tert-alkyl or cyclic N) is 1. The van der Waals surface area contributed by atoms with Crippen molar-refractivity contribution in [3.8, 4) is 10.4 Å². The average molecular weight is 599 g/mol. The molecule has 0 unspecified atom stereocenters. The number of carbonyl (C=O) groups is 4. The molecule has 3 amide bonds. The molecule has 0 aliphatic carbocycles. The molecule has 230 valence electrons. The van der Waals surface area contributed by atoms with Crippen molar-refractivity contribution in [1.29, 1.82) is 0 Å². The fourth-order valence-corrected chi connectivity index (χ4v) is 6.10. The number of likely N-dealkylation sites (tertiary alicyclic amines) is 1. The second kappa shape index (κ2) is 15.4. The molecule has 1 saturated heterocycles. The summed E-state index contributed by atoms with van der Waals surface area (Å²) in [6.45, 7) is 9.54. The molecule has 3 rings (SSSR count). The molecule has 0 spiro atoms. The Hall–Kier alpha value is -3.11. The Morgan fingerprint density at radius 1 is 1.10 bits per heavy atom. The quantitative estimate of drug-likeness (QED) is 0.213. The van der Waals surface area contributed by atoms with E-state index in [0.717, 1.165) is 53.7 Å². The molecule has 0 radical (unpaired) electrons. The number of nitrogens with one attached hydrogen (secondary N) is 2. The summed E-state index contributed by atoms with van der Waals surface area (Å²) in [5, 5.41) is 16.4. The number of aryl methyl sites for hydroxylation is 1. The summed E-state index contributed by atoms with van der Waals surface area (Å²) >= 11 is 1.58. The van der Waals surface area contributed by atoms with Gasteiger partial charge in [-0.25, -0.2) is 4.98 Å². The van der Waals surface area contributed by atoms with Gasteiger partial charge in [-0.05, 0) is 43.2 Å². The molecule has 1 aromatic carbocycles. The molecule has 2 heterocycles. The Kier molecular flexibility index (Phi) is 12.2. The van der Waals surface area contributed by atoms with Gasteiger partial charge < -0.3 is 25.4 Å². The molecule has 42 heavy (non-hydrogen) atoms. The minimum absolute atomic E-state index is 0.0391. The van der Waals surface area contributed by atoms with E-state index in [1.807, 2.05) is 64.4 Å². The van der Waals surface area contributed by atoms with Crippen LogP contribution >= 0.6 is 11.3 Å². The molecule has 2 aromatic rings. The van der Waals surface area contributed by atoms with Crippen molar-refractivity contribution in [2.24, 2.45) is 5.41 Å². The van der Waals surface area contributed by atoms with E-state index >= 15 is 0 Å². The van der Waals surface area contributed by atoms with Crippen LogP contribution in [0.15, 0.2) is 29.8 Å². The summed E-state index contributed by atoms with van der Waals surface area (Å²) in [7, 11) is 0. The maximum Gasteiger partial charge on any atom is 0.246 e. The van der Waals surface area contributed by atoms with Crippen molar-refractivity contribution in [3.05, 3.63) is 41.0 Å². The molecule has 0 saturated carbocycles. The third-order valence-electron chi connectivity index (χ3n) is 7.79. The second-order valence-corrected chi connectivity index (χ2v) is 13.2. The highest BCUT2D eigenvalue weighted by Gasteiger charge is 2.44. The van der Waals surface area contributed by atoms with Crippen molar-refractivity contribution in [2.45, 2.75) is 110 Å². The zero-order chi connectivity index (χ0) is 30.9. The average Bonchev–Trinajstić information content (AvgIpc) is 3.55. The zero-order valence-corrected chi connectivity index (χ0v) is 26.3. The minimum atomic E-state index is -0.835. The molecule has 3 N–H and O–H groups in total. The van der Waals surface area contributed by atoms with Gasteiger partial charge in [-0.3, -0.25) is 14.4 Å². The highest BCUT2D eigenvalue weighted by molar-refractivity contribution is 7.13. The number of hydrogen-bond acceptors (Lipinski definition) is 7. The fourth-order valence-electron chi connectivity index (χ4n) is 5.29. The number of aromatic nitrogens is 1. The van der Waals surface area contributed by atoms with Crippen LogP contribution in [0.5, 0.6) is 0 Å². The zero-order valence-electron chi connectivity index (χ0n) is 25.5. The van der Waals surface area contributed by atoms with E-state index in [4.69, 9.17) is 0 Å². The first-order valence-corrected chi connectivity index (χ1v) is 15.8. The van der Waals surface area contributed by atoms with Gasteiger partial charge in [0.05, 0.1) is 28.2 Å². The topological polar surface area (TPSA) is 129 Å². The number of carbonyl (C=O) groups excluding carboxylic acids is 4. The summed E-state index contributed by atoms with van der Waals surface area (Å²) in [6.07, 6.45) is 5.49. The molecule has 9 nitrogen and oxygen atoms in total. The predicted molar refractivity (Wildman–Crippen MR) is 165 cm³/mol. The molecule has 1 aliphatic rings. The first-order chi connectivity index (χ1) is 19.9. The van der Waals surface area contributed by atoms with Gasteiger partial charge in [0.25, 0.3) is 0 Å². The molecule has 4 atom stereocenters. The largest absolute Gasteiger partial charge is 0.391 e. The molecule has 10 heteroatoms. The van der Waals surface area contributed by atoms with Crippen molar-refractivity contribution in [3.63, 3.8) is 0 Å². The normalized spacial score (nSPS) is 18.4. The second-order valence-electron chi connectivity index (χ2n) is 12.4. The van der Waals surface area contributed by atoms with E-state index in [2.05, 4.69) is 15.6 Å². The van der Waals surface area contributed by atoms with Crippen LogP contribution in [0.1, 0.15) is 96.4 Å². The lowest BCUT2D eigenvalue weighted by Crippen LogP contribution is -2.57. The van der Waals surface area contributed by atoms with Gasteiger partial charge in [-0.1, -0.05) is 64.3 Å². The van der Waals surface area contributed by atoms with Crippen LogP contribution < -0.4 is 10.6 Å². The number of rotatable bonds is 14. The van der Waals surface area contributed by atoms with E-state index in [-0.39, 0.29) is 36.7 Å². The van der Waals surface area contributed by atoms with Gasteiger partial charge in [0.2, 0.25) is 17.7 Å². The van der Waals surface area contributed by atoms with Gasteiger partial charge in [0.1, 0.15) is 18.4 Å². The van der Waals surface area contributed by atoms with Crippen LogP contribution in [0.3, 0.4) is 0 Å². The van der Waals surface area contributed by atoms with Crippen LogP contribution in [0.4, 0.5) is 0 Å². The lowest BCUT2D eigenvalue weighted by atomic mass is 9.85. The Bertz CT molecular complexity index is 1210. The first kappa shape index (κ1) is 33.4. The number of benzene rings is 1. The van der Waals surface area contributed by atoms with Crippen molar-refractivity contribution >= 4 is 35.3 Å². The number of unbranched alkanes of at least 4 members (excludes halogenated alkanes) is 5. The SMILES string of the molecule is Cc1ncsc1-c1ccc([C@H](C)NC(=O)[C@@H]2C[C@@H](O)CN2C(=O)[C@@H](NC(=O)CCCCCCCC=O)C(C)(C)C)cc1. The van der Waals surface area contributed by atoms with E-state index in [0.29, 0.717) is 19.3 Å². The standard InChI is InChI=1S/C32H46N4O5S/c1-21(23-13-15-24(16-14-23)28-22(2)33-20-42-28)34-30(40)26-18-25(38)19-36(26)31(41)29(32(3,4)5)35-27(39)12-10-8-6-7-9-11-17-37/h13-17,20-21,25-26,29,38H,6-12,18-19H2,1-5H3,(H,34,40)(H,35,39)/t21-,25+,26-,29+/m0/s1. The number of amides is 3. The number of hydrogen-bond donors (Lipinski definition) is 3. The van der Waals surface area contributed by atoms with Crippen molar-refractivity contribution < 1.29 is 24.3 Å². The highest BCUT2D eigenvalue weighted by Crippen LogP contribution is 2.29. The number of aldehydes is 1. The van der Waals surface area contributed by atoms with Gasteiger partial charge in [0, 0.05) is 25.8 Å². The summed E-state index contributed by atoms with van der Waals surface area (Å²) in [6, 6.07) is 6.00. The monoisotopic (exact) mass is 598 g/mol. The third kappa shape index (κ3) is 9.19. The highest BCUT2D eigenvalue weighted by atomic mass is 32.1. The fraction of sp³-hybridized carbons (Fsp3) is 0.594. The summed E-state index contributed by atoms with van der Waals surface area (Å²) < 4.78 is 0. The van der Waals surface area contributed by atoms with E-state index in [1.54, 1.807) is 11.3 Å². The lowest BCUT2D eigenvalue weighted by molar-refractivity contribution is -0.144. The number of nitrogens with zero attached hydrogens (tertiary/aromatic N) is 2. The summed E-state index contributed by atoms with van der Waals surface area (Å²) in [5.74, 6) is -0.899. The number of thiazole rings is 1. The molecular weight excluding hydrogens is 552 g/mol. The Balaban J connectivity index is 1.61. The lowest BCUT2D eigenvalue weighted by Gasteiger charge is -2.35. The van der Waals surface area contributed by atoms with Gasteiger partial charge in [0.15, 0.2) is 0 Å². The Morgan fingerprint density at radius 2 is 1.76 bits per heavy atom. The molecule has 1 aromatic heterocycles. The molecular formula is C32H46N4O5S. The maximum absolute atomic E-state index is 13.8. The van der Waals surface area contributed by atoms with Crippen LogP contribution in [-0.4, -0.2) is 63.7 Å². The van der Waals surface area contributed by atoms with Gasteiger partial charge in [-0.2, -0.15) is 0 Å². The van der Waals surface area contributed by atoms with E-state index in [1.165, 1.54) is 4.90 Å². The molecule has 0 bridgehead atoms. The summed E-state index contributed by atoms with van der Waals surface area (Å²) in [5.41, 5.74) is 4.20. The Labute approximate surface area is 253 Å². The minimum Gasteiger partial charge on any atom is -0.391 e.